The average Bonchev–Trinajstić information content (AvgIpc) is 2.17. The van der Waals surface area contributed by atoms with Gasteiger partial charge in [0.2, 0.25) is 0 Å². The van der Waals surface area contributed by atoms with Crippen LogP contribution in [0.5, 0.6) is 0 Å². The highest BCUT2D eigenvalue weighted by molar-refractivity contribution is 4.85. The molecule has 3 heteroatoms. The largest absolute Gasteiger partial charge is 0.389 e. The molecule has 16 heavy (non-hydrogen) atoms. The van der Waals surface area contributed by atoms with Gasteiger partial charge in [-0.15, -0.1) is 0 Å². The number of hydrogen-bond donors (Lipinski definition) is 1. The maximum Gasteiger partial charge on any atom is 0.0768 e. The van der Waals surface area contributed by atoms with Crippen LogP contribution in [0, 0.1) is 5.92 Å². The molecule has 1 heterocycles. The predicted molar refractivity (Wildman–Crippen MR) is 68.6 cm³/mol. The van der Waals surface area contributed by atoms with Crippen molar-refractivity contribution in [2.45, 2.75) is 46.3 Å². The lowest BCUT2D eigenvalue weighted by Crippen LogP contribution is -2.55. The summed E-state index contributed by atoms with van der Waals surface area (Å²) in [7, 11) is 0. The van der Waals surface area contributed by atoms with Gasteiger partial charge in [-0.1, -0.05) is 20.8 Å². The second-order valence-electron chi connectivity index (χ2n) is 5.72. The topological polar surface area (TPSA) is 26.7 Å². The molecular formula is C13H28N2O. The van der Waals surface area contributed by atoms with E-state index in [2.05, 4.69) is 37.5 Å². The van der Waals surface area contributed by atoms with E-state index in [0.717, 1.165) is 32.7 Å². The summed E-state index contributed by atoms with van der Waals surface area (Å²) < 4.78 is 0. The Bertz CT molecular complexity index is 216. The van der Waals surface area contributed by atoms with Crippen molar-refractivity contribution >= 4 is 0 Å². The number of piperazine rings is 1. The van der Waals surface area contributed by atoms with Gasteiger partial charge >= 0.3 is 0 Å². The molecule has 1 saturated heterocycles. The zero-order chi connectivity index (χ0) is 12.3. The van der Waals surface area contributed by atoms with E-state index in [1.807, 2.05) is 6.92 Å². The standard InChI is InChI=1S/C13H28N2O/c1-6-15-8-7-14(9-12(15)4)10-13(5,16)11(2)3/h11-12,16H,6-10H2,1-5H3. The van der Waals surface area contributed by atoms with Crippen molar-refractivity contribution in [1.29, 1.82) is 0 Å². The molecule has 0 aromatic rings. The van der Waals surface area contributed by atoms with E-state index >= 15 is 0 Å². The summed E-state index contributed by atoms with van der Waals surface area (Å²) in [4.78, 5) is 4.90. The summed E-state index contributed by atoms with van der Waals surface area (Å²) in [5.41, 5.74) is -0.561. The van der Waals surface area contributed by atoms with Gasteiger partial charge in [-0.25, -0.2) is 0 Å². The van der Waals surface area contributed by atoms with Crippen molar-refractivity contribution in [3.63, 3.8) is 0 Å². The van der Waals surface area contributed by atoms with Gasteiger partial charge in [0.05, 0.1) is 5.60 Å². The van der Waals surface area contributed by atoms with Gasteiger partial charge < -0.3 is 5.11 Å². The Hall–Kier alpha value is -0.120. The SMILES string of the molecule is CCN1CCN(CC(C)(O)C(C)C)CC1C. The molecule has 0 bridgehead atoms. The minimum atomic E-state index is -0.561. The molecule has 1 N–H and O–H groups in total. The Morgan fingerprint density at radius 3 is 2.44 bits per heavy atom. The minimum absolute atomic E-state index is 0.312. The van der Waals surface area contributed by atoms with Crippen LogP contribution in [0.1, 0.15) is 34.6 Å². The molecule has 1 aliphatic heterocycles. The molecule has 0 spiro atoms. The lowest BCUT2D eigenvalue weighted by Gasteiger charge is -2.42. The predicted octanol–water partition coefficient (Wildman–Crippen LogP) is 1.42. The third-order valence-electron chi connectivity index (χ3n) is 4.04. The molecule has 1 fully saturated rings. The van der Waals surface area contributed by atoms with E-state index in [1.165, 1.54) is 0 Å². The molecule has 96 valence electrons. The Morgan fingerprint density at radius 1 is 1.38 bits per heavy atom. The Morgan fingerprint density at radius 2 is 2.00 bits per heavy atom. The van der Waals surface area contributed by atoms with Crippen molar-refractivity contribution in [3.8, 4) is 0 Å². The normalized spacial score (nSPS) is 28.3. The maximum absolute atomic E-state index is 10.3. The van der Waals surface area contributed by atoms with E-state index in [9.17, 15) is 5.11 Å². The van der Waals surface area contributed by atoms with Gasteiger partial charge in [-0.3, -0.25) is 9.80 Å². The molecular weight excluding hydrogens is 200 g/mol. The third-order valence-corrected chi connectivity index (χ3v) is 4.04. The van der Waals surface area contributed by atoms with Crippen LogP contribution in [0.2, 0.25) is 0 Å². The molecule has 0 aliphatic carbocycles. The highest BCUT2D eigenvalue weighted by atomic mass is 16.3. The Balaban J connectivity index is 2.47. The number of nitrogens with zero attached hydrogens (tertiary/aromatic N) is 2. The zero-order valence-electron chi connectivity index (χ0n) is 11.5. The van der Waals surface area contributed by atoms with Crippen LogP contribution in [0.15, 0.2) is 0 Å². The summed E-state index contributed by atoms with van der Waals surface area (Å²) in [5, 5.41) is 10.3. The van der Waals surface area contributed by atoms with Crippen molar-refractivity contribution < 1.29 is 5.11 Å². The highest BCUT2D eigenvalue weighted by Gasteiger charge is 2.31. The lowest BCUT2D eigenvalue weighted by atomic mass is 9.91. The third kappa shape index (κ3) is 3.44. The smallest absolute Gasteiger partial charge is 0.0768 e. The van der Waals surface area contributed by atoms with Gasteiger partial charge in [-0.2, -0.15) is 0 Å². The maximum atomic E-state index is 10.3. The summed E-state index contributed by atoms with van der Waals surface area (Å²) in [6.45, 7) is 15.9. The highest BCUT2D eigenvalue weighted by Crippen LogP contribution is 2.19. The van der Waals surface area contributed by atoms with Crippen LogP contribution >= 0.6 is 0 Å². The molecule has 0 aromatic carbocycles. The minimum Gasteiger partial charge on any atom is -0.389 e. The average molecular weight is 228 g/mol. The van der Waals surface area contributed by atoms with E-state index < -0.39 is 5.60 Å². The number of aliphatic hydroxyl groups is 1. The Kier molecular flexibility index (Phi) is 4.77. The molecule has 1 rings (SSSR count). The molecule has 2 atom stereocenters. The zero-order valence-corrected chi connectivity index (χ0v) is 11.5. The first-order valence-corrected chi connectivity index (χ1v) is 6.55. The van der Waals surface area contributed by atoms with Crippen molar-refractivity contribution in [2.75, 3.05) is 32.7 Å². The van der Waals surface area contributed by atoms with E-state index in [-0.39, 0.29) is 0 Å². The fourth-order valence-corrected chi connectivity index (χ4v) is 2.32. The number of hydrogen-bond acceptors (Lipinski definition) is 3. The lowest BCUT2D eigenvalue weighted by molar-refractivity contribution is -0.0359. The summed E-state index contributed by atoms with van der Waals surface area (Å²) in [6.07, 6.45) is 0. The molecule has 1 aliphatic rings. The summed E-state index contributed by atoms with van der Waals surface area (Å²) in [6, 6.07) is 0.613. The van der Waals surface area contributed by atoms with Crippen LogP contribution in [0.3, 0.4) is 0 Å². The quantitative estimate of drug-likeness (QED) is 0.788. The molecule has 3 nitrogen and oxygen atoms in total. The van der Waals surface area contributed by atoms with Crippen LogP contribution in [0.25, 0.3) is 0 Å². The first-order valence-electron chi connectivity index (χ1n) is 6.55. The Labute approximate surface area is 100 Å². The summed E-state index contributed by atoms with van der Waals surface area (Å²) in [5.74, 6) is 0.312. The first-order chi connectivity index (χ1) is 7.36. The molecule has 0 amide bonds. The molecule has 0 aromatic heterocycles. The van der Waals surface area contributed by atoms with Crippen molar-refractivity contribution in [1.82, 2.24) is 9.80 Å². The van der Waals surface area contributed by atoms with Gasteiger partial charge in [0.1, 0.15) is 0 Å². The fraction of sp³-hybridized carbons (Fsp3) is 1.00. The van der Waals surface area contributed by atoms with E-state index in [1.54, 1.807) is 0 Å². The first kappa shape index (κ1) is 13.9. The molecule has 0 radical (unpaired) electrons. The monoisotopic (exact) mass is 228 g/mol. The van der Waals surface area contributed by atoms with Gasteiger partial charge in [0, 0.05) is 32.2 Å². The summed E-state index contributed by atoms with van der Waals surface area (Å²) >= 11 is 0. The van der Waals surface area contributed by atoms with Crippen molar-refractivity contribution in [2.24, 2.45) is 5.92 Å². The second-order valence-corrected chi connectivity index (χ2v) is 5.72. The number of likely N-dealkylation sites (N-methyl/N-ethyl adjacent to an activating group) is 1. The molecule has 0 saturated carbocycles. The molecule has 2 unspecified atom stereocenters. The fourth-order valence-electron chi connectivity index (χ4n) is 2.32. The number of rotatable bonds is 4. The van der Waals surface area contributed by atoms with Gasteiger partial charge in [0.15, 0.2) is 0 Å². The van der Waals surface area contributed by atoms with Crippen LogP contribution in [-0.4, -0.2) is 59.3 Å². The van der Waals surface area contributed by atoms with Crippen LogP contribution < -0.4 is 0 Å². The van der Waals surface area contributed by atoms with Crippen LogP contribution in [0.4, 0.5) is 0 Å². The van der Waals surface area contributed by atoms with Crippen LogP contribution in [-0.2, 0) is 0 Å². The second kappa shape index (κ2) is 5.48. The number of β-amino-alcohol motifs (C(OH)–C–C–N with tert-alkyl or cyclic N) is 1. The van der Waals surface area contributed by atoms with Crippen molar-refractivity contribution in [3.05, 3.63) is 0 Å². The van der Waals surface area contributed by atoms with Gasteiger partial charge in [0.25, 0.3) is 0 Å². The van der Waals surface area contributed by atoms with E-state index in [4.69, 9.17) is 0 Å². The van der Waals surface area contributed by atoms with E-state index in [0.29, 0.717) is 12.0 Å². The van der Waals surface area contributed by atoms with Gasteiger partial charge in [-0.05, 0) is 26.3 Å².